The van der Waals surface area contributed by atoms with Crippen molar-refractivity contribution >= 4 is 53.9 Å². The first-order valence-corrected chi connectivity index (χ1v) is 23.8. The monoisotopic (exact) mass is 421 g/mol. The van der Waals surface area contributed by atoms with Crippen LogP contribution in [0.4, 0.5) is 0 Å². The third kappa shape index (κ3) is 6.54. The molecule has 0 aliphatic carbocycles. The third-order valence-electron chi connectivity index (χ3n) is 3.06. The van der Waals surface area contributed by atoms with Crippen molar-refractivity contribution in [3.8, 4) is 0 Å². The van der Waals surface area contributed by atoms with Gasteiger partial charge in [-0.1, -0.05) is 39.3 Å². The fourth-order valence-corrected chi connectivity index (χ4v) is 9.94. The second-order valence-corrected chi connectivity index (χ2v) is 28.9. The van der Waals surface area contributed by atoms with Gasteiger partial charge in [0.05, 0.1) is 16.1 Å². The van der Waals surface area contributed by atoms with E-state index in [2.05, 4.69) is 67.9 Å². The average Bonchev–Trinajstić information content (AvgIpc) is 2.40. The Morgan fingerprint density at radius 3 is 1.00 bits per heavy atom. The van der Waals surface area contributed by atoms with Crippen LogP contribution in [0.25, 0.3) is 0 Å². The van der Waals surface area contributed by atoms with Crippen LogP contribution in [0.15, 0.2) is 0 Å². The zero-order valence-electron chi connectivity index (χ0n) is 15.0. The standard InChI is InChI=1S/C12H25PSi2.3CH3.Sn/c1-9-10(2)12(15(6,7)8)13-11(9)14(3,4)5;;;;/h13H,1-8H3;3*1H3;. The van der Waals surface area contributed by atoms with E-state index in [0.717, 1.165) is 8.19 Å². The Hall–Kier alpha value is 1.01. The summed E-state index contributed by atoms with van der Waals surface area (Å²) in [6.45, 7) is 19.6. The third-order valence-corrected chi connectivity index (χ3v) is 13.3. The van der Waals surface area contributed by atoms with Gasteiger partial charge in [-0.3, -0.25) is 0 Å². The van der Waals surface area contributed by atoms with Crippen LogP contribution in [-0.2, 0) is 0 Å². The van der Waals surface area contributed by atoms with Crippen LogP contribution in [0.3, 0.4) is 0 Å². The van der Waals surface area contributed by atoms with Gasteiger partial charge in [-0.05, 0) is 34.8 Å². The molecule has 0 bridgehead atoms. The summed E-state index contributed by atoms with van der Waals surface area (Å²) in [5.74, 6) is 0. The quantitative estimate of drug-likeness (QED) is 0.604. The second-order valence-electron chi connectivity index (χ2n) is 8.12. The van der Waals surface area contributed by atoms with E-state index in [0.29, 0.717) is 0 Å². The Labute approximate surface area is 132 Å². The first-order chi connectivity index (χ1) is 8.28. The minimum atomic E-state index is -1.08. The van der Waals surface area contributed by atoms with Gasteiger partial charge in [0.15, 0.2) is 0 Å². The molecule has 111 valence electrons. The van der Waals surface area contributed by atoms with Gasteiger partial charge in [0, 0.05) is 0 Å². The molecule has 0 saturated carbocycles. The number of rotatable bonds is 2. The summed E-state index contributed by atoms with van der Waals surface area (Å²) < 4.78 is 0. The molecule has 0 unspecified atom stereocenters. The molecular weight excluding hydrogens is 386 g/mol. The molecule has 0 aliphatic rings. The first kappa shape index (κ1) is 20.0. The molecule has 1 radical (unpaired) electrons. The number of hydrogen-bond acceptors (Lipinski definition) is 0. The van der Waals surface area contributed by atoms with Crippen molar-refractivity contribution in [2.45, 2.75) is 67.9 Å². The molecule has 0 amide bonds. The van der Waals surface area contributed by atoms with Crippen molar-refractivity contribution in [3.63, 3.8) is 0 Å². The van der Waals surface area contributed by atoms with Crippen LogP contribution in [0.2, 0.25) is 54.1 Å². The van der Waals surface area contributed by atoms with E-state index in [9.17, 15) is 0 Å². The fourth-order valence-electron chi connectivity index (χ4n) is 2.19. The van der Waals surface area contributed by atoms with Crippen molar-refractivity contribution < 1.29 is 0 Å². The molecule has 1 aromatic rings. The molecule has 1 heterocycles. The summed E-state index contributed by atoms with van der Waals surface area (Å²) in [6.07, 6.45) is 0. The fraction of sp³-hybridized carbons (Fsp3) is 0.733. The summed E-state index contributed by atoms with van der Waals surface area (Å²) in [7, 11) is -1.12. The molecule has 0 fully saturated rings. The van der Waals surface area contributed by atoms with Crippen LogP contribution < -0.4 is 9.84 Å². The Bertz CT molecular complexity index is 372. The van der Waals surface area contributed by atoms with Crippen LogP contribution >= 0.6 is 8.19 Å². The topological polar surface area (TPSA) is 0 Å². The van der Waals surface area contributed by atoms with Gasteiger partial charge < -0.3 is 0 Å². The normalized spacial score (nSPS) is 12.4. The van der Waals surface area contributed by atoms with Crippen molar-refractivity contribution in [2.24, 2.45) is 0 Å². The Morgan fingerprint density at radius 2 is 0.895 bits per heavy atom. The maximum absolute atomic E-state index is 2.49. The molecule has 0 spiro atoms. The molecule has 1 aromatic heterocycles. The molecular formula is C15H34PSi2Sn. The van der Waals surface area contributed by atoms with Crippen molar-refractivity contribution in [1.29, 1.82) is 0 Å². The van der Waals surface area contributed by atoms with Gasteiger partial charge in [0.25, 0.3) is 0 Å². The van der Waals surface area contributed by atoms with E-state index in [1.807, 2.05) is 9.84 Å². The molecule has 0 N–H and O–H groups in total. The predicted molar refractivity (Wildman–Crippen MR) is 105 cm³/mol. The molecule has 0 nitrogen and oxygen atoms in total. The van der Waals surface area contributed by atoms with Gasteiger partial charge in [-0.25, -0.2) is 0 Å². The summed E-state index contributed by atoms with van der Waals surface area (Å²) in [4.78, 5) is 10.8. The Kier molecular flexibility index (Phi) is 7.72. The molecule has 0 atom stereocenters. The van der Waals surface area contributed by atoms with Gasteiger partial charge in [-0.15, -0.1) is 8.19 Å². The molecule has 0 saturated heterocycles. The summed E-state index contributed by atoms with van der Waals surface area (Å²) in [5, 5.41) is 0. The zero-order chi connectivity index (χ0) is 15.6. The van der Waals surface area contributed by atoms with E-state index in [1.54, 1.807) is 11.1 Å². The van der Waals surface area contributed by atoms with Crippen LogP contribution in [-0.4, -0.2) is 35.9 Å². The summed E-state index contributed by atoms with van der Waals surface area (Å²) >= 11 is -0.543. The van der Waals surface area contributed by atoms with Crippen LogP contribution in [0, 0.1) is 13.8 Å². The maximum atomic E-state index is 2.49. The predicted octanol–water partition coefficient (Wildman–Crippen LogP) is 4.80. The minimum absolute atomic E-state index is 0.543. The van der Waals surface area contributed by atoms with E-state index in [-0.39, 0.29) is 0 Å². The van der Waals surface area contributed by atoms with Gasteiger partial charge in [0.2, 0.25) is 0 Å². The average molecular weight is 420 g/mol. The van der Waals surface area contributed by atoms with Gasteiger partial charge in [-0.2, -0.15) is 0 Å². The van der Waals surface area contributed by atoms with Gasteiger partial charge in [0.1, 0.15) is 0 Å². The second kappa shape index (κ2) is 7.33. The molecule has 19 heavy (non-hydrogen) atoms. The molecule has 4 heteroatoms. The Morgan fingerprint density at radius 1 is 0.684 bits per heavy atom. The van der Waals surface area contributed by atoms with E-state index in [1.165, 1.54) is 0 Å². The number of hydrogen-bond donors (Lipinski definition) is 0. The SMILES string of the molecule is Cc1c([Si](C)(C)C)[pH]c([Si](C)(C)C)c1C.[CH3][Sn]([CH3])[CH3]. The van der Waals surface area contributed by atoms with E-state index in [4.69, 9.17) is 0 Å². The van der Waals surface area contributed by atoms with Gasteiger partial charge >= 0.3 is 34.6 Å². The van der Waals surface area contributed by atoms with Crippen LogP contribution in [0.5, 0.6) is 0 Å². The summed E-state index contributed by atoms with van der Waals surface area (Å²) in [6, 6.07) is 0. The molecule has 0 aliphatic heterocycles. The van der Waals surface area contributed by atoms with E-state index >= 15 is 0 Å². The van der Waals surface area contributed by atoms with Crippen molar-refractivity contribution in [1.82, 2.24) is 0 Å². The summed E-state index contributed by atoms with van der Waals surface area (Å²) in [5.41, 5.74) is 3.29. The zero-order valence-corrected chi connectivity index (χ0v) is 20.9. The van der Waals surface area contributed by atoms with Crippen molar-refractivity contribution in [2.75, 3.05) is 0 Å². The first-order valence-electron chi connectivity index (χ1n) is 7.25. The molecule has 1 rings (SSSR count). The van der Waals surface area contributed by atoms with Crippen molar-refractivity contribution in [3.05, 3.63) is 11.1 Å². The molecule has 0 aromatic carbocycles. The van der Waals surface area contributed by atoms with E-state index < -0.39 is 35.9 Å². The van der Waals surface area contributed by atoms with Crippen LogP contribution in [0.1, 0.15) is 11.1 Å². The Balaban J connectivity index is 0.000000711.